The summed E-state index contributed by atoms with van der Waals surface area (Å²) in [6.45, 7) is 3.80. The minimum atomic E-state index is -0.0108. The molecule has 0 saturated carbocycles. The van der Waals surface area contributed by atoms with Crippen molar-refractivity contribution in [1.29, 1.82) is 0 Å². The average Bonchev–Trinajstić information content (AvgIpc) is 3.04. The maximum Gasteiger partial charge on any atom is 0.193 e. The van der Waals surface area contributed by atoms with E-state index in [0.29, 0.717) is 11.1 Å². The van der Waals surface area contributed by atoms with Crippen LogP contribution in [0.2, 0.25) is 0 Å². The molecule has 2 heterocycles. The number of aromatic nitrogens is 4. The van der Waals surface area contributed by atoms with Crippen molar-refractivity contribution in [3.05, 3.63) is 59.2 Å². The van der Waals surface area contributed by atoms with Gasteiger partial charge in [0.05, 0.1) is 22.1 Å². The van der Waals surface area contributed by atoms with E-state index in [0.717, 1.165) is 33.7 Å². The van der Waals surface area contributed by atoms with E-state index in [9.17, 15) is 4.79 Å². The second-order valence-electron chi connectivity index (χ2n) is 5.44. The second kappa shape index (κ2) is 4.53. The van der Waals surface area contributed by atoms with Gasteiger partial charge >= 0.3 is 0 Å². The molecule has 0 radical (unpaired) electrons. The highest BCUT2D eigenvalue weighted by atomic mass is 16.1. The van der Waals surface area contributed by atoms with Crippen LogP contribution in [0.3, 0.4) is 0 Å². The molecule has 0 spiro atoms. The van der Waals surface area contributed by atoms with Crippen LogP contribution < -0.4 is 0 Å². The SMILES string of the molecule is Cc1nc2ccc(C(=O)c3ccc4nc(C)[nH]c4c3)cc2[nH]1. The Kier molecular flexibility index (Phi) is 2.63. The van der Waals surface area contributed by atoms with Gasteiger partial charge in [0.2, 0.25) is 0 Å². The fourth-order valence-corrected chi connectivity index (χ4v) is 2.72. The topological polar surface area (TPSA) is 74.4 Å². The molecule has 0 fully saturated rings. The summed E-state index contributed by atoms with van der Waals surface area (Å²) >= 11 is 0. The van der Waals surface area contributed by atoms with Gasteiger partial charge in [-0.2, -0.15) is 0 Å². The van der Waals surface area contributed by atoms with Gasteiger partial charge < -0.3 is 9.97 Å². The van der Waals surface area contributed by atoms with Crippen molar-refractivity contribution in [3.8, 4) is 0 Å². The van der Waals surface area contributed by atoms with Gasteiger partial charge in [-0.05, 0) is 50.2 Å². The zero-order valence-electron chi connectivity index (χ0n) is 12.3. The van der Waals surface area contributed by atoms with E-state index < -0.39 is 0 Å². The first kappa shape index (κ1) is 12.8. The van der Waals surface area contributed by atoms with E-state index in [1.165, 1.54) is 0 Å². The molecular formula is C17H14N4O. The van der Waals surface area contributed by atoms with Crippen LogP contribution in [0, 0.1) is 13.8 Å². The van der Waals surface area contributed by atoms with Crippen molar-refractivity contribution < 1.29 is 4.79 Å². The molecule has 0 aliphatic heterocycles. The number of imidazole rings is 2. The summed E-state index contributed by atoms with van der Waals surface area (Å²) in [6, 6.07) is 11.1. The number of rotatable bonds is 2. The maximum absolute atomic E-state index is 12.7. The number of aryl methyl sites for hydroxylation is 2. The number of aromatic amines is 2. The van der Waals surface area contributed by atoms with Gasteiger partial charge in [-0.1, -0.05) is 0 Å². The molecule has 0 unspecified atom stereocenters. The molecule has 0 amide bonds. The number of carbonyl (C=O) groups excluding carboxylic acids is 1. The standard InChI is InChI=1S/C17H14N4O/c1-9-18-13-5-3-11(7-15(13)20-9)17(22)12-4-6-14-16(8-12)21-10(2)19-14/h3-8H,1-2H3,(H,18,20)(H,19,21). The summed E-state index contributed by atoms with van der Waals surface area (Å²) < 4.78 is 0. The van der Waals surface area contributed by atoms with E-state index in [1.807, 2.05) is 50.2 Å². The lowest BCUT2D eigenvalue weighted by molar-refractivity contribution is 0.103. The number of fused-ring (bicyclic) bond motifs is 2. The first-order chi connectivity index (χ1) is 10.6. The molecule has 0 bridgehead atoms. The summed E-state index contributed by atoms with van der Waals surface area (Å²) in [7, 11) is 0. The molecule has 4 rings (SSSR count). The molecular weight excluding hydrogens is 276 g/mol. The van der Waals surface area contributed by atoms with Crippen molar-refractivity contribution in [1.82, 2.24) is 19.9 Å². The smallest absolute Gasteiger partial charge is 0.193 e. The van der Waals surface area contributed by atoms with Gasteiger partial charge in [-0.3, -0.25) is 4.79 Å². The third kappa shape index (κ3) is 1.98. The monoisotopic (exact) mass is 290 g/mol. The molecule has 5 heteroatoms. The lowest BCUT2D eigenvalue weighted by atomic mass is 10.0. The number of H-pyrrole nitrogens is 2. The summed E-state index contributed by atoms with van der Waals surface area (Å²) in [4.78, 5) is 27.7. The summed E-state index contributed by atoms with van der Waals surface area (Å²) in [6.07, 6.45) is 0. The van der Waals surface area contributed by atoms with Gasteiger partial charge in [0.1, 0.15) is 11.6 Å². The lowest BCUT2D eigenvalue weighted by Gasteiger charge is -2.01. The summed E-state index contributed by atoms with van der Waals surface area (Å²) in [5.74, 6) is 1.67. The average molecular weight is 290 g/mol. The molecule has 2 N–H and O–H groups in total. The molecule has 0 saturated heterocycles. The normalized spacial score (nSPS) is 11.4. The van der Waals surface area contributed by atoms with Crippen LogP contribution in [-0.4, -0.2) is 25.7 Å². The predicted octanol–water partition coefficient (Wildman–Crippen LogP) is 3.29. The largest absolute Gasteiger partial charge is 0.342 e. The number of nitrogens with one attached hydrogen (secondary N) is 2. The minimum Gasteiger partial charge on any atom is -0.342 e. The van der Waals surface area contributed by atoms with E-state index >= 15 is 0 Å². The molecule has 2 aromatic heterocycles. The van der Waals surface area contributed by atoms with Crippen LogP contribution in [0.4, 0.5) is 0 Å². The molecule has 4 aromatic rings. The highest BCUT2D eigenvalue weighted by Gasteiger charge is 2.12. The highest BCUT2D eigenvalue weighted by molar-refractivity contribution is 6.11. The van der Waals surface area contributed by atoms with Crippen LogP contribution in [0.5, 0.6) is 0 Å². The van der Waals surface area contributed by atoms with Crippen molar-refractivity contribution >= 4 is 27.9 Å². The van der Waals surface area contributed by atoms with Crippen LogP contribution in [-0.2, 0) is 0 Å². The number of hydrogen-bond donors (Lipinski definition) is 2. The number of benzene rings is 2. The third-order valence-electron chi connectivity index (χ3n) is 3.72. The Labute approximate surface area is 126 Å². The molecule has 0 atom stereocenters. The third-order valence-corrected chi connectivity index (χ3v) is 3.72. The second-order valence-corrected chi connectivity index (χ2v) is 5.44. The van der Waals surface area contributed by atoms with Crippen LogP contribution in [0.25, 0.3) is 22.1 Å². The fourth-order valence-electron chi connectivity index (χ4n) is 2.72. The lowest BCUT2D eigenvalue weighted by Crippen LogP contribution is -2.01. The van der Waals surface area contributed by atoms with Crippen LogP contribution in [0.15, 0.2) is 36.4 Å². The molecule has 5 nitrogen and oxygen atoms in total. The van der Waals surface area contributed by atoms with Crippen molar-refractivity contribution in [2.24, 2.45) is 0 Å². The molecule has 0 aliphatic rings. The summed E-state index contributed by atoms with van der Waals surface area (Å²) in [5.41, 5.74) is 4.78. The van der Waals surface area contributed by atoms with E-state index in [1.54, 1.807) is 0 Å². The van der Waals surface area contributed by atoms with E-state index in [2.05, 4.69) is 19.9 Å². The Hall–Kier alpha value is -2.95. The first-order valence-electron chi connectivity index (χ1n) is 7.07. The zero-order valence-corrected chi connectivity index (χ0v) is 12.3. The highest BCUT2D eigenvalue weighted by Crippen LogP contribution is 2.19. The van der Waals surface area contributed by atoms with Gasteiger partial charge in [0.25, 0.3) is 0 Å². The molecule has 0 aliphatic carbocycles. The van der Waals surface area contributed by atoms with Crippen LogP contribution >= 0.6 is 0 Å². The van der Waals surface area contributed by atoms with Gasteiger partial charge in [0, 0.05) is 11.1 Å². The van der Waals surface area contributed by atoms with Crippen molar-refractivity contribution in [2.45, 2.75) is 13.8 Å². The number of carbonyl (C=O) groups is 1. The zero-order chi connectivity index (χ0) is 15.3. The van der Waals surface area contributed by atoms with Crippen LogP contribution in [0.1, 0.15) is 27.6 Å². The Bertz CT molecular complexity index is 944. The van der Waals surface area contributed by atoms with Gasteiger partial charge in [-0.15, -0.1) is 0 Å². The molecule has 108 valence electrons. The maximum atomic E-state index is 12.7. The molecule has 22 heavy (non-hydrogen) atoms. The summed E-state index contributed by atoms with van der Waals surface area (Å²) in [5, 5.41) is 0. The Morgan fingerprint density at radius 2 is 1.27 bits per heavy atom. The van der Waals surface area contributed by atoms with E-state index in [4.69, 9.17) is 0 Å². The van der Waals surface area contributed by atoms with Gasteiger partial charge in [0.15, 0.2) is 5.78 Å². The Balaban J connectivity index is 1.79. The fraction of sp³-hybridized carbons (Fsp3) is 0.118. The Morgan fingerprint density at radius 1 is 0.818 bits per heavy atom. The quantitative estimate of drug-likeness (QED) is 0.556. The first-order valence-corrected chi connectivity index (χ1v) is 7.07. The van der Waals surface area contributed by atoms with Gasteiger partial charge in [-0.25, -0.2) is 9.97 Å². The van der Waals surface area contributed by atoms with E-state index in [-0.39, 0.29) is 5.78 Å². The Morgan fingerprint density at radius 3 is 1.73 bits per heavy atom. The number of ketones is 1. The van der Waals surface area contributed by atoms with Crippen molar-refractivity contribution in [3.63, 3.8) is 0 Å². The minimum absolute atomic E-state index is 0.0108. The number of hydrogen-bond acceptors (Lipinski definition) is 3. The van der Waals surface area contributed by atoms with Crippen molar-refractivity contribution in [2.75, 3.05) is 0 Å². The predicted molar refractivity (Wildman–Crippen MR) is 85.1 cm³/mol. The molecule has 2 aromatic carbocycles. The number of nitrogens with zero attached hydrogens (tertiary/aromatic N) is 2.